The van der Waals surface area contributed by atoms with Crippen LogP contribution in [-0.4, -0.2) is 66.6 Å². The second-order valence-corrected chi connectivity index (χ2v) is 6.85. The SMILES string of the molecule is CN1CCOC(CN(CC2CC2)C(=O)CCc2ccncc2)C1. The molecule has 0 aromatic carbocycles. The highest BCUT2D eigenvalue weighted by Crippen LogP contribution is 2.30. The Morgan fingerprint density at radius 1 is 1.35 bits per heavy atom. The summed E-state index contributed by atoms with van der Waals surface area (Å²) in [6.45, 7) is 4.30. The van der Waals surface area contributed by atoms with Crippen molar-refractivity contribution in [3.8, 4) is 0 Å². The Bertz CT molecular complexity index is 504. The summed E-state index contributed by atoms with van der Waals surface area (Å²) in [5.41, 5.74) is 1.17. The fourth-order valence-electron chi connectivity index (χ4n) is 3.07. The van der Waals surface area contributed by atoms with Crippen molar-refractivity contribution >= 4 is 5.91 Å². The Morgan fingerprint density at radius 3 is 2.83 bits per heavy atom. The van der Waals surface area contributed by atoms with Crippen LogP contribution in [0, 0.1) is 5.92 Å². The number of carbonyl (C=O) groups excluding carboxylic acids is 1. The molecule has 1 unspecified atom stereocenters. The highest BCUT2D eigenvalue weighted by atomic mass is 16.5. The zero-order valence-corrected chi connectivity index (χ0v) is 14.0. The van der Waals surface area contributed by atoms with Crippen LogP contribution in [0.15, 0.2) is 24.5 Å². The van der Waals surface area contributed by atoms with E-state index in [4.69, 9.17) is 4.74 Å². The van der Waals surface area contributed by atoms with Crippen LogP contribution in [0.5, 0.6) is 0 Å². The minimum atomic E-state index is 0.150. The Hall–Kier alpha value is -1.46. The van der Waals surface area contributed by atoms with Gasteiger partial charge in [0.1, 0.15) is 0 Å². The summed E-state index contributed by atoms with van der Waals surface area (Å²) in [6, 6.07) is 3.97. The Kier molecular flexibility index (Phi) is 5.62. The first-order valence-electron chi connectivity index (χ1n) is 8.67. The van der Waals surface area contributed by atoms with E-state index >= 15 is 0 Å². The number of morpholine rings is 1. The second kappa shape index (κ2) is 7.88. The van der Waals surface area contributed by atoms with Gasteiger partial charge in [-0.3, -0.25) is 9.78 Å². The largest absolute Gasteiger partial charge is 0.374 e. The van der Waals surface area contributed by atoms with Crippen molar-refractivity contribution in [1.82, 2.24) is 14.8 Å². The number of hydrogen-bond donors (Lipinski definition) is 0. The highest BCUT2D eigenvalue weighted by molar-refractivity contribution is 5.76. The second-order valence-electron chi connectivity index (χ2n) is 6.85. The molecule has 1 saturated heterocycles. The van der Waals surface area contributed by atoms with E-state index in [-0.39, 0.29) is 12.0 Å². The predicted octanol–water partition coefficient (Wildman–Crippen LogP) is 1.58. The van der Waals surface area contributed by atoms with Crippen molar-refractivity contribution in [2.45, 2.75) is 31.8 Å². The summed E-state index contributed by atoms with van der Waals surface area (Å²) in [5, 5.41) is 0. The van der Waals surface area contributed by atoms with Gasteiger partial charge in [0.2, 0.25) is 5.91 Å². The van der Waals surface area contributed by atoms with Crippen LogP contribution in [0.2, 0.25) is 0 Å². The molecule has 1 saturated carbocycles. The lowest BCUT2D eigenvalue weighted by atomic mass is 10.1. The lowest BCUT2D eigenvalue weighted by molar-refractivity contribution is -0.134. The number of likely N-dealkylation sites (N-methyl/N-ethyl adjacent to an activating group) is 1. The fraction of sp³-hybridized carbons (Fsp3) is 0.667. The summed E-state index contributed by atoms with van der Waals surface area (Å²) in [5.74, 6) is 0.965. The molecule has 1 aromatic heterocycles. The number of hydrogen-bond acceptors (Lipinski definition) is 4. The van der Waals surface area contributed by atoms with E-state index in [9.17, 15) is 4.79 Å². The monoisotopic (exact) mass is 317 g/mol. The molecule has 1 aromatic rings. The lowest BCUT2D eigenvalue weighted by Crippen LogP contribution is -2.48. The van der Waals surface area contributed by atoms with E-state index in [0.29, 0.717) is 12.3 Å². The third-order valence-corrected chi connectivity index (χ3v) is 4.67. The molecule has 2 fully saturated rings. The molecule has 3 rings (SSSR count). The van der Waals surface area contributed by atoms with Gasteiger partial charge in [-0.25, -0.2) is 0 Å². The highest BCUT2D eigenvalue weighted by Gasteiger charge is 2.29. The zero-order chi connectivity index (χ0) is 16.1. The maximum atomic E-state index is 12.7. The summed E-state index contributed by atoms with van der Waals surface area (Å²) >= 11 is 0. The molecular weight excluding hydrogens is 290 g/mol. The molecule has 0 bridgehead atoms. The quantitative estimate of drug-likeness (QED) is 0.766. The fourth-order valence-corrected chi connectivity index (χ4v) is 3.07. The topological polar surface area (TPSA) is 45.7 Å². The minimum Gasteiger partial charge on any atom is -0.374 e. The maximum absolute atomic E-state index is 12.7. The van der Waals surface area contributed by atoms with E-state index in [1.54, 1.807) is 12.4 Å². The lowest BCUT2D eigenvalue weighted by Gasteiger charge is -2.34. The van der Waals surface area contributed by atoms with Gasteiger partial charge in [-0.05, 0) is 49.9 Å². The summed E-state index contributed by atoms with van der Waals surface area (Å²) in [6.07, 6.45) is 7.60. The van der Waals surface area contributed by atoms with E-state index in [1.165, 1.54) is 18.4 Å². The van der Waals surface area contributed by atoms with E-state index < -0.39 is 0 Å². The Labute approximate surface area is 138 Å². The van der Waals surface area contributed by atoms with Gasteiger partial charge in [0.25, 0.3) is 0 Å². The number of carbonyl (C=O) groups is 1. The summed E-state index contributed by atoms with van der Waals surface area (Å²) in [4.78, 5) is 21.0. The van der Waals surface area contributed by atoms with Crippen LogP contribution >= 0.6 is 0 Å². The molecule has 0 spiro atoms. The number of pyridine rings is 1. The van der Waals surface area contributed by atoms with E-state index in [2.05, 4.69) is 16.9 Å². The van der Waals surface area contributed by atoms with Gasteiger partial charge in [-0.15, -0.1) is 0 Å². The molecule has 1 aliphatic carbocycles. The van der Waals surface area contributed by atoms with Gasteiger partial charge in [0.15, 0.2) is 0 Å². The molecule has 0 N–H and O–H groups in total. The van der Waals surface area contributed by atoms with Gasteiger partial charge in [-0.2, -0.15) is 0 Å². The minimum absolute atomic E-state index is 0.150. The van der Waals surface area contributed by atoms with Crippen LogP contribution < -0.4 is 0 Å². The number of aryl methyl sites for hydroxylation is 1. The van der Waals surface area contributed by atoms with Crippen LogP contribution in [0.25, 0.3) is 0 Å². The van der Waals surface area contributed by atoms with Gasteiger partial charge >= 0.3 is 0 Å². The van der Waals surface area contributed by atoms with Crippen molar-refractivity contribution in [2.24, 2.45) is 5.92 Å². The van der Waals surface area contributed by atoms with Gasteiger partial charge in [-0.1, -0.05) is 0 Å². The number of ether oxygens (including phenoxy) is 1. The Balaban J connectivity index is 1.53. The standard InChI is InChI=1S/C18H27N3O2/c1-20-10-11-23-17(13-20)14-21(12-16-2-3-16)18(22)5-4-15-6-8-19-9-7-15/h6-9,16-17H,2-5,10-14H2,1H3. The molecule has 2 aliphatic rings. The first-order valence-corrected chi connectivity index (χ1v) is 8.67. The molecule has 23 heavy (non-hydrogen) atoms. The molecule has 5 nitrogen and oxygen atoms in total. The molecule has 1 aliphatic heterocycles. The predicted molar refractivity (Wildman–Crippen MR) is 89.1 cm³/mol. The number of nitrogens with zero attached hydrogens (tertiary/aromatic N) is 3. The number of rotatable bonds is 7. The average molecular weight is 317 g/mol. The summed E-state index contributed by atoms with van der Waals surface area (Å²) in [7, 11) is 2.12. The third-order valence-electron chi connectivity index (χ3n) is 4.67. The first kappa shape index (κ1) is 16.4. The maximum Gasteiger partial charge on any atom is 0.222 e. The molecule has 126 valence electrons. The van der Waals surface area contributed by atoms with Gasteiger partial charge in [0.05, 0.1) is 12.7 Å². The molecule has 0 radical (unpaired) electrons. The van der Waals surface area contributed by atoms with Crippen LogP contribution in [0.4, 0.5) is 0 Å². The molecule has 1 atom stereocenters. The van der Waals surface area contributed by atoms with Gasteiger partial charge in [0, 0.05) is 45.0 Å². The summed E-state index contributed by atoms with van der Waals surface area (Å²) < 4.78 is 5.85. The van der Waals surface area contributed by atoms with Crippen molar-refractivity contribution in [3.63, 3.8) is 0 Å². The Morgan fingerprint density at radius 2 is 2.13 bits per heavy atom. The van der Waals surface area contributed by atoms with Crippen LogP contribution in [0.1, 0.15) is 24.8 Å². The van der Waals surface area contributed by atoms with Crippen molar-refractivity contribution in [2.75, 3.05) is 39.8 Å². The van der Waals surface area contributed by atoms with Gasteiger partial charge < -0.3 is 14.5 Å². The van der Waals surface area contributed by atoms with Crippen molar-refractivity contribution < 1.29 is 9.53 Å². The molecule has 1 amide bonds. The normalized spacial score (nSPS) is 22.0. The van der Waals surface area contributed by atoms with E-state index in [0.717, 1.165) is 39.2 Å². The molecule has 5 heteroatoms. The number of aromatic nitrogens is 1. The van der Waals surface area contributed by atoms with Crippen molar-refractivity contribution in [1.29, 1.82) is 0 Å². The smallest absolute Gasteiger partial charge is 0.222 e. The number of amides is 1. The molecular formula is C18H27N3O2. The van der Waals surface area contributed by atoms with E-state index in [1.807, 2.05) is 17.0 Å². The van der Waals surface area contributed by atoms with Crippen molar-refractivity contribution in [3.05, 3.63) is 30.1 Å². The zero-order valence-electron chi connectivity index (χ0n) is 14.0. The first-order chi connectivity index (χ1) is 11.2. The third kappa shape index (κ3) is 5.29. The average Bonchev–Trinajstić information content (AvgIpc) is 3.37. The molecule has 2 heterocycles. The van der Waals surface area contributed by atoms with Crippen LogP contribution in [0.3, 0.4) is 0 Å². The van der Waals surface area contributed by atoms with Crippen LogP contribution in [-0.2, 0) is 16.0 Å².